The Labute approximate surface area is 197 Å². The van der Waals surface area contributed by atoms with Crippen LogP contribution >= 0.6 is 0 Å². The first-order valence-electron chi connectivity index (χ1n) is 11.8. The first-order valence-corrected chi connectivity index (χ1v) is 11.8. The van der Waals surface area contributed by atoms with Crippen LogP contribution in [-0.2, 0) is 5.54 Å². The van der Waals surface area contributed by atoms with E-state index in [1.165, 1.54) is 11.1 Å². The molecule has 0 amide bonds. The lowest BCUT2D eigenvalue weighted by Gasteiger charge is -2.35. The van der Waals surface area contributed by atoms with Gasteiger partial charge in [-0.1, -0.05) is 124 Å². The topological polar surface area (TPSA) is 30.7 Å². The molecule has 3 aromatic carbocycles. The molecule has 0 unspecified atom stereocenters. The van der Waals surface area contributed by atoms with Crippen molar-refractivity contribution in [3.05, 3.63) is 125 Å². The molecule has 0 atom stereocenters. The van der Waals surface area contributed by atoms with Crippen LogP contribution < -0.4 is 0 Å². The molecule has 33 heavy (non-hydrogen) atoms. The van der Waals surface area contributed by atoms with E-state index in [-0.39, 0.29) is 0 Å². The van der Waals surface area contributed by atoms with Crippen LogP contribution in [0.25, 0.3) is 5.57 Å². The predicted molar refractivity (Wildman–Crippen MR) is 137 cm³/mol. The van der Waals surface area contributed by atoms with Crippen molar-refractivity contribution >= 4 is 5.57 Å². The van der Waals surface area contributed by atoms with Crippen molar-refractivity contribution in [3.63, 3.8) is 0 Å². The second kappa shape index (κ2) is 9.58. The fraction of sp³-hybridized carbons (Fsp3) is 0.267. The van der Waals surface area contributed by atoms with Gasteiger partial charge in [0.05, 0.1) is 0 Å². The van der Waals surface area contributed by atoms with Gasteiger partial charge in [-0.25, -0.2) is 9.67 Å². The second-order valence-electron chi connectivity index (χ2n) is 9.23. The van der Waals surface area contributed by atoms with Crippen molar-refractivity contribution in [1.82, 2.24) is 14.8 Å². The van der Waals surface area contributed by atoms with Gasteiger partial charge >= 0.3 is 0 Å². The van der Waals surface area contributed by atoms with Gasteiger partial charge in [0, 0.05) is 5.57 Å². The number of benzene rings is 3. The molecule has 0 bridgehead atoms. The number of hydrogen-bond donors (Lipinski definition) is 0. The van der Waals surface area contributed by atoms with Gasteiger partial charge in [-0.15, -0.1) is 5.10 Å². The van der Waals surface area contributed by atoms with Gasteiger partial charge < -0.3 is 0 Å². The third-order valence-electron chi connectivity index (χ3n) is 6.52. The summed E-state index contributed by atoms with van der Waals surface area (Å²) in [4.78, 5) is 4.88. The van der Waals surface area contributed by atoms with Crippen molar-refractivity contribution < 1.29 is 0 Å². The molecular formula is C30H33N3. The van der Waals surface area contributed by atoms with Crippen LogP contribution in [0.15, 0.2) is 103 Å². The minimum Gasteiger partial charge on any atom is -0.233 e. The average molecular weight is 436 g/mol. The molecule has 3 heteroatoms. The largest absolute Gasteiger partial charge is 0.233 e. The Balaban J connectivity index is 2.05. The molecule has 0 aliphatic heterocycles. The standard InChI is InChI=1S/C30H33N3/c1-22(2)24(5)28(23(3)4)29-31-21-33(32-29)30(25-15-9-6-10-16-25,26-17-11-7-12-18-26)27-19-13-8-14-20-27/h6-23H,1-5H3/b28-24+. The first kappa shape index (κ1) is 22.7. The molecule has 0 saturated heterocycles. The number of aromatic nitrogens is 3. The zero-order valence-corrected chi connectivity index (χ0v) is 20.2. The molecule has 1 heterocycles. The summed E-state index contributed by atoms with van der Waals surface area (Å²) in [6.45, 7) is 11.1. The van der Waals surface area contributed by atoms with Gasteiger partial charge in [0.25, 0.3) is 0 Å². The Morgan fingerprint density at radius 1 is 0.667 bits per heavy atom. The third-order valence-corrected chi connectivity index (χ3v) is 6.52. The minimum atomic E-state index is -0.636. The van der Waals surface area contributed by atoms with Gasteiger partial charge in [0.15, 0.2) is 5.82 Å². The minimum absolute atomic E-state index is 0.336. The van der Waals surface area contributed by atoms with Gasteiger partial charge in [-0.05, 0) is 35.4 Å². The lowest BCUT2D eigenvalue weighted by molar-refractivity contribution is 0.457. The van der Waals surface area contributed by atoms with Crippen molar-refractivity contribution in [3.8, 4) is 0 Å². The molecule has 0 fully saturated rings. The molecule has 4 rings (SSSR count). The molecule has 0 radical (unpaired) electrons. The van der Waals surface area contributed by atoms with Gasteiger partial charge in [-0.2, -0.15) is 0 Å². The van der Waals surface area contributed by atoms with E-state index in [0.29, 0.717) is 11.8 Å². The molecule has 3 nitrogen and oxygen atoms in total. The van der Waals surface area contributed by atoms with Gasteiger partial charge in [0.2, 0.25) is 0 Å². The Morgan fingerprint density at radius 3 is 1.45 bits per heavy atom. The molecule has 1 aromatic heterocycles. The zero-order chi connectivity index (χ0) is 23.4. The lowest BCUT2D eigenvalue weighted by atomic mass is 9.77. The maximum Gasteiger partial charge on any atom is 0.177 e. The zero-order valence-electron chi connectivity index (χ0n) is 20.2. The molecule has 168 valence electrons. The summed E-state index contributed by atoms with van der Waals surface area (Å²) in [5, 5.41) is 5.18. The van der Waals surface area contributed by atoms with E-state index in [1.807, 2.05) is 6.33 Å². The summed E-state index contributed by atoms with van der Waals surface area (Å²) in [7, 11) is 0. The van der Waals surface area contributed by atoms with Crippen molar-refractivity contribution in [1.29, 1.82) is 0 Å². The predicted octanol–water partition coefficient (Wildman–Crippen LogP) is 7.20. The summed E-state index contributed by atoms with van der Waals surface area (Å²) in [6, 6.07) is 31.8. The van der Waals surface area contributed by atoms with Crippen LogP contribution in [0.1, 0.15) is 57.1 Å². The summed E-state index contributed by atoms with van der Waals surface area (Å²) in [5.41, 5.74) is 5.38. The number of rotatable bonds is 7. The quantitative estimate of drug-likeness (QED) is 0.287. The average Bonchev–Trinajstić information content (AvgIpc) is 3.31. The summed E-state index contributed by atoms with van der Waals surface area (Å²) < 4.78 is 2.05. The maximum atomic E-state index is 5.18. The molecule has 0 saturated carbocycles. The van der Waals surface area contributed by atoms with E-state index in [0.717, 1.165) is 22.5 Å². The van der Waals surface area contributed by atoms with E-state index >= 15 is 0 Å². The van der Waals surface area contributed by atoms with E-state index < -0.39 is 5.54 Å². The van der Waals surface area contributed by atoms with Crippen molar-refractivity contribution in [2.45, 2.75) is 40.2 Å². The smallest absolute Gasteiger partial charge is 0.177 e. The number of allylic oxidation sites excluding steroid dienone is 2. The van der Waals surface area contributed by atoms with E-state index in [9.17, 15) is 0 Å². The van der Waals surface area contributed by atoms with E-state index in [1.54, 1.807) is 0 Å². The molecule has 4 aromatic rings. The van der Waals surface area contributed by atoms with Gasteiger partial charge in [0.1, 0.15) is 11.9 Å². The fourth-order valence-electron chi connectivity index (χ4n) is 4.68. The van der Waals surface area contributed by atoms with Gasteiger partial charge in [-0.3, -0.25) is 0 Å². The Hall–Kier alpha value is -3.46. The number of hydrogen-bond acceptors (Lipinski definition) is 2. The van der Waals surface area contributed by atoms with Crippen molar-refractivity contribution in [2.24, 2.45) is 11.8 Å². The van der Waals surface area contributed by atoms with Crippen LogP contribution in [0.4, 0.5) is 0 Å². The monoisotopic (exact) mass is 435 g/mol. The van der Waals surface area contributed by atoms with Crippen LogP contribution in [0.5, 0.6) is 0 Å². The Kier molecular flexibility index (Phi) is 6.60. The fourth-order valence-corrected chi connectivity index (χ4v) is 4.68. The highest BCUT2D eigenvalue weighted by Gasteiger charge is 2.39. The number of nitrogens with zero attached hydrogens (tertiary/aromatic N) is 3. The Morgan fingerprint density at radius 2 is 1.09 bits per heavy atom. The van der Waals surface area contributed by atoms with Crippen LogP contribution in [0.2, 0.25) is 0 Å². The van der Waals surface area contributed by atoms with Crippen LogP contribution in [0, 0.1) is 11.8 Å². The molecule has 0 aliphatic rings. The van der Waals surface area contributed by atoms with E-state index in [2.05, 4.69) is 130 Å². The maximum absolute atomic E-state index is 5.18. The highest BCUT2D eigenvalue weighted by atomic mass is 15.4. The second-order valence-corrected chi connectivity index (χ2v) is 9.23. The van der Waals surface area contributed by atoms with E-state index in [4.69, 9.17) is 10.1 Å². The summed E-state index contributed by atoms with van der Waals surface area (Å²) in [5.74, 6) is 1.59. The SMILES string of the molecule is C/C(=C(\c1ncn(C(c2ccccc2)(c2ccccc2)c2ccccc2)n1)C(C)C)C(C)C. The normalized spacial score (nSPS) is 12.8. The first-order chi connectivity index (χ1) is 16.0. The Bertz CT molecular complexity index is 1110. The molecular weight excluding hydrogens is 402 g/mol. The lowest BCUT2D eigenvalue weighted by Crippen LogP contribution is -2.38. The summed E-state index contributed by atoms with van der Waals surface area (Å²) >= 11 is 0. The molecule has 0 spiro atoms. The highest BCUT2D eigenvalue weighted by Crippen LogP contribution is 2.40. The highest BCUT2D eigenvalue weighted by molar-refractivity contribution is 5.65. The molecule has 0 N–H and O–H groups in total. The third kappa shape index (κ3) is 4.16. The van der Waals surface area contributed by atoms with Crippen molar-refractivity contribution in [2.75, 3.05) is 0 Å². The van der Waals surface area contributed by atoms with Crippen LogP contribution in [0.3, 0.4) is 0 Å². The summed E-state index contributed by atoms with van der Waals surface area (Å²) in [6.07, 6.45) is 1.90. The van der Waals surface area contributed by atoms with Crippen LogP contribution in [-0.4, -0.2) is 14.8 Å². The molecule has 0 aliphatic carbocycles.